The molecule has 0 unspecified atom stereocenters. The van der Waals surface area contributed by atoms with Crippen LogP contribution in [0.3, 0.4) is 0 Å². The van der Waals surface area contributed by atoms with Crippen molar-refractivity contribution in [3.05, 3.63) is 136 Å². The molecular weight excluding hydrogens is 412 g/mol. The maximum Gasteiger partial charge on any atom is 0.142 e. The van der Waals surface area contributed by atoms with Crippen molar-refractivity contribution in [2.45, 2.75) is 44.6 Å². The minimum Gasteiger partial charge on any atom is -0.483 e. The van der Waals surface area contributed by atoms with Gasteiger partial charge in [0.1, 0.15) is 11.9 Å². The van der Waals surface area contributed by atoms with Crippen LogP contribution in [0.25, 0.3) is 11.6 Å². The molecule has 1 heterocycles. The van der Waals surface area contributed by atoms with Crippen molar-refractivity contribution in [1.82, 2.24) is 0 Å². The largest absolute Gasteiger partial charge is 0.483 e. The van der Waals surface area contributed by atoms with Crippen molar-refractivity contribution >= 4 is 11.6 Å². The Labute approximate surface area is 202 Å². The van der Waals surface area contributed by atoms with E-state index in [2.05, 4.69) is 117 Å². The van der Waals surface area contributed by atoms with Gasteiger partial charge in [-0.05, 0) is 65.3 Å². The molecule has 34 heavy (non-hydrogen) atoms. The van der Waals surface area contributed by atoms with Crippen molar-refractivity contribution in [2.24, 2.45) is 0 Å². The molecule has 1 nitrogen and oxygen atoms in total. The van der Waals surface area contributed by atoms with Gasteiger partial charge in [0.25, 0.3) is 0 Å². The molecule has 0 radical (unpaired) electrons. The molecule has 1 atom stereocenters. The van der Waals surface area contributed by atoms with Crippen LogP contribution >= 0.6 is 0 Å². The van der Waals surface area contributed by atoms with Crippen LogP contribution in [0.15, 0.2) is 97.1 Å². The third-order valence-corrected chi connectivity index (χ3v) is 7.53. The lowest BCUT2D eigenvalue weighted by molar-refractivity contribution is 0.206. The predicted octanol–water partition coefficient (Wildman–Crippen LogP) is 7.99. The number of unbranched alkanes of at least 4 members (excludes halogenated alkanes) is 1. The van der Waals surface area contributed by atoms with E-state index in [4.69, 9.17) is 4.74 Å². The van der Waals surface area contributed by atoms with E-state index in [1.54, 1.807) is 0 Å². The van der Waals surface area contributed by atoms with Crippen LogP contribution in [-0.2, 0) is 11.8 Å². The Balaban J connectivity index is 1.63. The van der Waals surface area contributed by atoms with Crippen molar-refractivity contribution in [3.63, 3.8) is 0 Å². The van der Waals surface area contributed by atoms with E-state index >= 15 is 0 Å². The first-order chi connectivity index (χ1) is 16.7. The summed E-state index contributed by atoms with van der Waals surface area (Å²) in [5.41, 5.74) is 9.86. The topological polar surface area (TPSA) is 9.23 Å². The Bertz CT molecular complexity index is 1330. The molecule has 4 aromatic carbocycles. The minimum absolute atomic E-state index is 0.123. The highest BCUT2D eigenvalue weighted by atomic mass is 16.5. The normalized spacial score (nSPS) is 17.2. The zero-order chi connectivity index (χ0) is 23.1. The van der Waals surface area contributed by atoms with E-state index in [0.717, 1.165) is 12.2 Å². The third kappa shape index (κ3) is 3.07. The summed E-state index contributed by atoms with van der Waals surface area (Å²) < 4.78 is 7.09. The molecule has 0 amide bonds. The molecular formula is C33H30O. The summed E-state index contributed by atoms with van der Waals surface area (Å²) in [5, 5.41) is 0. The first-order valence-corrected chi connectivity index (χ1v) is 12.5. The maximum absolute atomic E-state index is 7.09. The first-order valence-electron chi connectivity index (χ1n) is 12.5. The van der Waals surface area contributed by atoms with Crippen molar-refractivity contribution in [3.8, 4) is 5.75 Å². The highest BCUT2D eigenvalue weighted by Crippen LogP contribution is 2.57. The maximum atomic E-state index is 7.09. The molecule has 6 rings (SSSR count). The van der Waals surface area contributed by atoms with Gasteiger partial charge in [0.05, 0.1) is 5.41 Å². The average Bonchev–Trinajstić information content (AvgIpc) is 3.18. The molecule has 0 bridgehead atoms. The van der Waals surface area contributed by atoms with Crippen molar-refractivity contribution < 1.29 is 4.74 Å². The molecule has 1 heteroatoms. The molecule has 0 N–H and O–H groups in total. The van der Waals surface area contributed by atoms with Gasteiger partial charge in [-0.3, -0.25) is 0 Å². The summed E-state index contributed by atoms with van der Waals surface area (Å²) in [5.74, 6) is 1.03. The molecule has 1 aliphatic carbocycles. The smallest absolute Gasteiger partial charge is 0.142 e. The molecule has 0 saturated heterocycles. The van der Waals surface area contributed by atoms with E-state index in [9.17, 15) is 0 Å². The molecule has 1 aliphatic heterocycles. The van der Waals surface area contributed by atoms with Crippen LogP contribution in [-0.4, -0.2) is 6.10 Å². The number of rotatable bonds is 5. The number of benzene rings is 4. The van der Waals surface area contributed by atoms with Crippen LogP contribution in [0.1, 0.15) is 58.7 Å². The number of ether oxygens (including phenoxy) is 1. The van der Waals surface area contributed by atoms with Crippen LogP contribution in [0.5, 0.6) is 5.75 Å². The molecule has 0 aromatic heterocycles. The zero-order valence-corrected chi connectivity index (χ0v) is 19.9. The van der Waals surface area contributed by atoms with Gasteiger partial charge < -0.3 is 4.74 Å². The minimum atomic E-state index is -0.407. The van der Waals surface area contributed by atoms with Crippen molar-refractivity contribution in [1.29, 1.82) is 0 Å². The third-order valence-electron chi connectivity index (χ3n) is 7.53. The van der Waals surface area contributed by atoms with Gasteiger partial charge in [-0.2, -0.15) is 0 Å². The fourth-order valence-electron chi connectivity index (χ4n) is 6.04. The van der Waals surface area contributed by atoms with Gasteiger partial charge in [0.2, 0.25) is 0 Å². The first kappa shape index (κ1) is 21.0. The quantitative estimate of drug-likeness (QED) is 0.304. The number of aryl methyl sites for hydroxylation is 2. The fourth-order valence-corrected chi connectivity index (χ4v) is 6.04. The van der Waals surface area contributed by atoms with E-state index in [-0.39, 0.29) is 6.10 Å². The molecule has 0 fully saturated rings. The Morgan fingerprint density at radius 2 is 1.44 bits per heavy atom. The van der Waals surface area contributed by atoms with Gasteiger partial charge in [0, 0.05) is 11.1 Å². The fraction of sp³-hybridized carbons (Fsp3) is 0.212. The summed E-state index contributed by atoms with van der Waals surface area (Å²) in [7, 11) is 0. The van der Waals surface area contributed by atoms with Crippen LogP contribution < -0.4 is 4.74 Å². The molecule has 0 saturated carbocycles. The van der Waals surface area contributed by atoms with E-state index < -0.39 is 5.41 Å². The predicted molar refractivity (Wildman–Crippen MR) is 141 cm³/mol. The second-order valence-corrected chi connectivity index (χ2v) is 9.62. The highest BCUT2D eigenvalue weighted by molar-refractivity contribution is 5.95. The summed E-state index contributed by atoms with van der Waals surface area (Å²) in [4.78, 5) is 0. The lowest BCUT2D eigenvalue weighted by atomic mass is 9.68. The van der Waals surface area contributed by atoms with E-state index in [1.807, 2.05) is 0 Å². The Morgan fingerprint density at radius 3 is 2.12 bits per heavy atom. The highest BCUT2D eigenvalue weighted by Gasteiger charge is 2.54. The Kier molecular flexibility index (Phi) is 5.14. The summed E-state index contributed by atoms with van der Waals surface area (Å²) >= 11 is 0. The van der Waals surface area contributed by atoms with E-state index in [1.165, 1.54) is 57.4 Å². The Morgan fingerprint density at radius 1 is 0.794 bits per heavy atom. The van der Waals surface area contributed by atoms with Gasteiger partial charge in [0.15, 0.2) is 0 Å². The van der Waals surface area contributed by atoms with Gasteiger partial charge in [-0.15, -0.1) is 0 Å². The van der Waals surface area contributed by atoms with E-state index in [0.29, 0.717) is 0 Å². The number of hydrogen-bond donors (Lipinski definition) is 0. The molecule has 4 aromatic rings. The van der Waals surface area contributed by atoms with Crippen LogP contribution in [0, 0.1) is 6.92 Å². The molecule has 0 spiro atoms. The summed E-state index contributed by atoms with van der Waals surface area (Å²) in [6.07, 6.45) is 5.82. The second kappa shape index (κ2) is 8.33. The van der Waals surface area contributed by atoms with Crippen molar-refractivity contribution in [2.75, 3.05) is 0 Å². The monoisotopic (exact) mass is 442 g/mol. The van der Waals surface area contributed by atoms with Gasteiger partial charge in [-0.25, -0.2) is 0 Å². The van der Waals surface area contributed by atoms with Gasteiger partial charge in [-0.1, -0.05) is 104 Å². The summed E-state index contributed by atoms with van der Waals surface area (Å²) in [6.45, 7) is 4.45. The second-order valence-electron chi connectivity index (χ2n) is 9.62. The SMILES string of the molecule is CCCCc1cc(C)c2c(c1)C=C1c3ccccc3C(c3ccccc3)(c3ccccc3)[C@H]1O2. The molecule has 168 valence electrons. The summed E-state index contributed by atoms with van der Waals surface area (Å²) in [6, 6.07) is 35.3. The average molecular weight is 443 g/mol. The Hall–Kier alpha value is -3.58. The number of hydrogen-bond acceptors (Lipinski definition) is 1. The standard InChI is InChI=1S/C33H30O/c1-3-4-13-24-20-23(2)31-25(21-24)22-29-28-18-11-12-19-30(28)33(32(29)34-31,26-14-7-5-8-15-26)27-16-9-6-10-17-27/h5-12,14-22,32H,3-4,13H2,1-2H3/t32-/m0/s1. The lowest BCUT2D eigenvalue weighted by Crippen LogP contribution is -2.42. The zero-order valence-electron chi connectivity index (χ0n) is 19.9. The lowest BCUT2D eigenvalue weighted by Gasteiger charge is -2.40. The van der Waals surface area contributed by atoms with Gasteiger partial charge >= 0.3 is 0 Å². The van der Waals surface area contributed by atoms with Crippen LogP contribution in [0.2, 0.25) is 0 Å². The molecule has 2 aliphatic rings. The number of fused-ring (bicyclic) bond motifs is 4. The van der Waals surface area contributed by atoms with Crippen LogP contribution in [0.4, 0.5) is 0 Å².